The minimum atomic E-state index is -1.02. The minimum absolute atomic E-state index is 0.0854. The van der Waals surface area contributed by atoms with E-state index in [0.717, 1.165) is 11.3 Å². The van der Waals surface area contributed by atoms with E-state index >= 15 is 0 Å². The van der Waals surface area contributed by atoms with Gasteiger partial charge >= 0.3 is 17.8 Å². The number of hydrogen-bond donors (Lipinski definition) is 1. The van der Waals surface area contributed by atoms with Crippen LogP contribution in [0.2, 0.25) is 0 Å². The maximum absolute atomic E-state index is 11.8. The molecule has 0 aromatic carbocycles. The highest BCUT2D eigenvalue weighted by Crippen LogP contribution is 2.34. The van der Waals surface area contributed by atoms with Gasteiger partial charge < -0.3 is 14.8 Å². The summed E-state index contributed by atoms with van der Waals surface area (Å²) in [5.41, 5.74) is 0.202. The van der Waals surface area contributed by atoms with Crippen LogP contribution in [-0.4, -0.2) is 36.5 Å². The highest BCUT2D eigenvalue weighted by atomic mass is 32.1. The molecule has 2 rings (SSSR count). The maximum atomic E-state index is 11.8. The van der Waals surface area contributed by atoms with E-state index in [2.05, 4.69) is 19.8 Å². The van der Waals surface area contributed by atoms with Crippen molar-refractivity contribution in [2.24, 2.45) is 0 Å². The third-order valence-electron chi connectivity index (χ3n) is 2.54. The third kappa shape index (κ3) is 3.00. The fourth-order valence-corrected chi connectivity index (χ4v) is 2.67. The molecular formula is C13H12N2O5S. The summed E-state index contributed by atoms with van der Waals surface area (Å²) < 4.78 is 9.28. The van der Waals surface area contributed by atoms with Crippen molar-refractivity contribution in [3.8, 4) is 0 Å². The van der Waals surface area contributed by atoms with Gasteiger partial charge in [-0.3, -0.25) is 4.79 Å². The summed E-state index contributed by atoms with van der Waals surface area (Å²) in [7, 11) is 1.23. The van der Waals surface area contributed by atoms with E-state index in [-0.39, 0.29) is 17.2 Å². The van der Waals surface area contributed by atoms with Crippen LogP contribution in [0.3, 0.4) is 0 Å². The average molecular weight is 308 g/mol. The summed E-state index contributed by atoms with van der Waals surface area (Å²) >= 11 is 1.07. The smallest absolute Gasteiger partial charge is 0.397 e. The van der Waals surface area contributed by atoms with Gasteiger partial charge in [-0.15, -0.1) is 11.3 Å². The zero-order valence-corrected chi connectivity index (χ0v) is 12.2. The molecule has 0 saturated heterocycles. The molecule has 2 aromatic rings. The molecule has 0 unspecified atom stereocenters. The van der Waals surface area contributed by atoms with Crippen LogP contribution in [0.15, 0.2) is 18.3 Å². The van der Waals surface area contributed by atoms with Crippen LogP contribution in [0.5, 0.6) is 0 Å². The van der Waals surface area contributed by atoms with Gasteiger partial charge in [0.05, 0.1) is 19.4 Å². The van der Waals surface area contributed by atoms with Crippen LogP contribution in [0.1, 0.15) is 16.6 Å². The second-order valence-electron chi connectivity index (χ2n) is 3.83. The molecule has 1 N–H and O–H groups in total. The molecule has 8 heteroatoms. The first kappa shape index (κ1) is 14.9. The number of rotatable bonds is 3. The van der Waals surface area contributed by atoms with Gasteiger partial charge in [0.1, 0.15) is 9.71 Å². The van der Waals surface area contributed by atoms with Gasteiger partial charge in [0.15, 0.2) is 0 Å². The number of methoxy groups -OCH3 is 1. The molecule has 7 nitrogen and oxygen atoms in total. The second kappa shape index (κ2) is 6.31. The molecule has 21 heavy (non-hydrogen) atoms. The van der Waals surface area contributed by atoms with E-state index < -0.39 is 17.8 Å². The third-order valence-corrected chi connectivity index (χ3v) is 3.63. The Balaban J connectivity index is 2.43. The summed E-state index contributed by atoms with van der Waals surface area (Å²) in [6, 6.07) is 3.35. The number of anilines is 1. The molecule has 110 valence electrons. The fraction of sp³-hybridized carbons (Fsp3) is 0.231. The van der Waals surface area contributed by atoms with Crippen molar-refractivity contribution in [3.05, 3.63) is 23.2 Å². The average Bonchev–Trinajstić information content (AvgIpc) is 2.85. The summed E-state index contributed by atoms with van der Waals surface area (Å²) in [5, 5.41) is 2.95. The lowest BCUT2D eigenvalue weighted by molar-refractivity contribution is -0.152. The van der Waals surface area contributed by atoms with E-state index in [4.69, 9.17) is 0 Å². The topological polar surface area (TPSA) is 94.6 Å². The standard InChI is InChI=1S/C13H12N2O5S/c1-3-20-13(18)10(16)15-8-7-5-4-6-14-11(7)21-9(8)12(17)19-2/h4-6H,3H2,1-2H3,(H,15,16). The Morgan fingerprint density at radius 3 is 2.81 bits per heavy atom. The second-order valence-corrected chi connectivity index (χ2v) is 4.83. The van der Waals surface area contributed by atoms with Gasteiger partial charge in [-0.05, 0) is 19.1 Å². The number of hydrogen-bond acceptors (Lipinski definition) is 7. The van der Waals surface area contributed by atoms with Crippen LogP contribution in [0.4, 0.5) is 5.69 Å². The van der Waals surface area contributed by atoms with E-state index in [9.17, 15) is 14.4 Å². The Hall–Kier alpha value is -2.48. The normalized spacial score (nSPS) is 10.2. The van der Waals surface area contributed by atoms with Crippen molar-refractivity contribution in [2.45, 2.75) is 6.92 Å². The lowest BCUT2D eigenvalue weighted by Gasteiger charge is -2.05. The number of ether oxygens (including phenoxy) is 2. The highest BCUT2D eigenvalue weighted by Gasteiger charge is 2.24. The molecule has 2 heterocycles. The van der Waals surface area contributed by atoms with Crippen molar-refractivity contribution in [3.63, 3.8) is 0 Å². The van der Waals surface area contributed by atoms with Gasteiger partial charge in [0.25, 0.3) is 0 Å². The van der Waals surface area contributed by atoms with Crippen molar-refractivity contribution < 1.29 is 23.9 Å². The first-order valence-corrected chi connectivity index (χ1v) is 6.84. The lowest BCUT2D eigenvalue weighted by Crippen LogP contribution is -2.25. The lowest BCUT2D eigenvalue weighted by atomic mass is 10.2. The first-order valence-electron chi connectivity index (χ1n) is 6.02. The number of nitrogens with zero attached hydrogens (tertiary/aromatic N) is 1. The van der Waals surface area contributed by atoms with E-state index in [1.807, 2.05) is 0 Å². The number of amides is 1. The number of esters is 2. The minimum Gasteiger partial charge on any atom is -0.465 e. The summed E-state index contributed by atoms with van der Waals surface area (Å²) in [5.74, 6) is -2.58. The number of fused-ring (bicyclic) bond motifs is 1. The molecule has 0 bridgehead atoms. The summed E-state index contributed by atoms with van der Waals surface area (Å²) in [4.78, 5) is 39.8. The maximum Gasteiger partial charge on any atom is 0.397 e. The van der Waals surface area contributed by atoms with Crippen LogP contribution < -0.4 is 5.32 Å². The molecule has 0 aliphatic heterocycles. The zero-order chi connectivity index (χ0) is 15.4. The molecule has 0 atom stereocenters. The monoisotopic (exact) mass is 308 g/mol. The quantitative estimate of drug-likeness (QED) is 0.683. The Morgan fingerprint density at radius 1 is 1.38 bits per heavy atom. The van der Waals surface area contributed by atoms with Gasteiger partial charge in [-0.1, -0.05) is 0 Å². The molecule has 0 aliphatic carbocycles. The summed E-state index contributed by atoms with van der Waals surface area (Å²) in [6.45, 7) is 1.68. The number of pyridine rings is 1. The Morgan fingerprint density at radius 2 is 2.14 bits per heavy atom. The SMILES string of the molecule is CCOC(=O)C(=O)Nc1c(C(=O)OC)sc2ncccc12. The number of carbonyl (C=O) groups excluding carboxylic acids is 3. The molecular weight excluding hydrogens is 296 g/mol. The predicted molar refractivity (Wildman–Crippen MR) is 76.2 cm³/mol. The molecule has 2 aromatic heterocycles. The number of thiophene rings is 1. The van der Waals surface area contributed by atoms with Crippen molar-refractivity contribution in [2.75, 3.05) is 19.0 Å². The zero-order valence-electron chi connectivity index (χ0n) is 11.3. The number of aromatic nitrogens is 1. The molecule has 1 amide bonds. The largest absolute Gasteiger partial charge is 0.465 e. The first-order chi connectivity index (χ1) is 10.1. The Bertz CT molecular complexity index is 710. The highest BCUT2D eigenvalue weighted by molar-refractivity contribution is 7.21. The molecule has 0 spiro atoms. The van der Waals surface area contributed by atoms with E-state index in [1.165, 1.54) is 7.11 Å². The van der Waals surface area contributed by atoms with Gasteiger partial charge in [-0.2, -0.15) is 0 Å². The molecule has 0 saturated carbocycles. The molecule has 0 aliphatic rings. The Kier molecular flexibility index (Phi) is 4.49. The van der Waals surface area contributed by atoms with Crippen molar-refractivity contribution in [1.82, 2.24) is 4.98 Å². The van der Waals surface area contributed by atoms with Crippen LogP contribution >= 0.6 is 11.3 Å². The number of nitrogens with one attached hydrogen (secondary N) is 1. The molecule has 0 radical (unpaired) electrons. The predicted octanol–water partition coefficient (Wildman–Crippen LogP) is 1.58. The van der Waals surface area contributed by atoms with Crippen LogP contribution in [0, 0.1) is 0 Å². The van der Waals surface area contributed by atoms with E-state index in [1.54, 1.807) is 25.3 Å². The van der Waals surface area contributed by atoms with Gasteiger partial charge in [0.2, 0.25) is 0 Å². The summed E-state index contributed by atoms with van der Waals surface area (Å²) in [6.07, 6.45) is 1.57. The van der Waals surface area contributed by atoms with Gasteiger partial charge in [0, 0.05) is 11.6 Å². The van der Waals surface area contributed by atoms with Crippen molar-refractivity contribution >= 4 is 45.1 Å². The fourth-order valence-electron chi connectivity index (χ4n) is 1.65. The number of carbonyl (C=O) groups is 3. The molecule has 0 fully saturated rings. The van der Waals surface area contributed by atoms with E-state index in [0.29, 0.717) is 10.2 Å². The Labute approximate surface area is 123 Å². The van der Waals surface area contributed by atoms with Gasteiger partial charge in [-0.25, -0.2) is 14.6 Å². The van der Waals surface area contributed by atoms with Crippen molar-refractivity contribution in [1.29, 1.82) is 0 Å². The van der Waals surface area contributed by atoms with Crippen LogP contribution in [-0.2, 0) is 19.1 Å². The van der Waals surface area contributed by atoms with Crippen LogP contribution in [0.25, 0.3) is 10.2 Å².